The number of H-pyrrole nitrogens is 1. The van der Waals surface area contributed by atoms with Crippen LogP contribution in [0, 0.1) is 0 Å². The highest BCUT2D eigenvalue weighted by Gasteiger charge is 2.12. The Hall–Kier alpha value is -2.82. The van der Waals surface area contributed by atoms with Crippen molar-refractivity contribution in [2.45, 2.75) is 0 Å². The molecule has 1 aromatic carbocycles. The summed E-state index contributed by atoms with van der Waals surface area (Å²) in [5.74, 6) is 0.687. The Morgan fingerprint density at radius 3 is 2.95 bits per heavy atom. The van der Waals surface area contributed by atoms with Crippen LogP contribution < -0.4 is 5.63 Å². The lowest BCUT2D eigenvalue weighted by Crippen LogP contribution is -1.94. The molecule has 3 heterocycles. The van der Waals surface area contributed by atoms with Crippen LogP contribution in [0.4, 0.5) is 0 Å². The first-order valence-electron chi connectivity index (χ1n) is 5.88. The van der Waals surface area contributed by atoms with E-state index in [1.807, 2.05) is 30.3 Å². The fourth-order valence-corrected chi connectivity index (χ4v) is 2.22. The zero-order valence-corrected chi connectivity index (χ0v) is 9.83. The van der Waals surface area contributed by atoms with E-state index < -0.39 is 0 Å². The van der Waals surface area contributed by atoms with Crippen molar-refractivity contribution in [2.24, 2.45) is 0 Å². The maximum Gasteiger partial charge on any atom is 0.367 e. The van der Waals surface area contributed by atoms with Crippen LogP contribution in [0.25, 0.3) is 27.8 Å². The van der Waals surface area contributed by atoms with Gasteiger partial charge in [-0.25, -0.2) is 9.78 Å². The minimum Gasteiger partial charge on any atom is -0.338 e. The second-order valence-corrected chi connectivity index (χ2v) is 4.29. The first kappa shape index (κ1) is 10.1. The minimum atomic E-state index is -0.387. The Balaban J connectivity index is 2.06. The van der Waals surface area contributed by atoms with Crippen molar-refractivity contribution in [3.63, 3.8) is 0 Å². The number of hydrogen-bond donors (Lipinski definition) is 1. The molecular formula is C14H9N3O2. The molecule has 0 aliphatic rings. The highest BCUT2D eigenvalue weighted by Crippen LogP contribution is 2.20. The van der Waals surface area contributed by atoms with E-state index in [2.05, 4.69) is 9.97 Å². The van der Waals surface area contributed by atoms with E-state index in [-0.39, 0.29) is 5.63 Å². The van der Waals surface area contributed by atoms with Gasteiger partial charge in [-0.3, -0.25) is 0 Å². The third kappa shape index (κ3) is 1.41. The van der Waals surface area contributed by atoms with Crippen molar-refractivity contribution >= 4 is 21.9 Å². The van der Waals surface area contributed by atoms with Gasteiger partial charge >= 0.3 is 5.63 Å². The summed E-state index contributed by atoms with van der Waals surface area (Å²) in [6, 6.07) is 13.2. The number of para-hydroxylation sites is 1. The van der Waals surface area contributed by atoms with Crippen molar-refractivity contribution in [3.05, 3.63) is 59.1 Å². The van der Waals surface area contributed by atoms with Crippen LogP contribution in [0.1, 0.15) is 0 Å². The fourth-order valence-electron chi connectivity index (χ4n) is 2.22. The highest BCUT2D eigenvalue weighted by atomic mass is 16.5. The largest absolute Gasteiger partial charge is 0.367 e. The third-order valence-electron chi connectivity index (χ3n) is 3.11. The van der Waals surface area contributed by atoms with Gasteiger partial charge in [0.15, 0.2) is 11.5 Å². The molecule has 0 unspecified atom stereocenters. The number of rotatable bonds is 1. The van der Waals surface area contributed by atoms with Crippen LogP contribution in [-0.4, -0.2) is 14.7 Å². The van der Waals surface area contributed by atoms with E-state index in [9.17, 15) is 4.79 Å². The predicted molar refractivity (Wildman–Crippen MR) is 71.5 cm³/mol. The second-order valence-electron chi connectivity index (χ2n) is 4.29. The Morgan fingerprint density at radius 2 is 2.05 bits per heavy atom. The zero-order valence-electron chi connectivity index (χ0n) is 9.83. The lowest BCUT2D eigenvalue weighted by atomic mass is 10.2. The number of nitrogens with zero attached hydrogens (tertiary/aromatic N) is 2. The summed E-state index contributed by atoms with van der Waals surface area (Å²) in [4.78, 5) is 19.2. The average Bonchev–Trinajstić information content (AvgIpc) is 3.01. The molecule has 92 valence electrons. The molecule has 5 heteroatoms. The average molecular weight is 251 g/mol. The highest BCUT2D eigenvalue weighted by molar-refractivity contribution is 5.83. The van der Waals surface area contributed by atoms with Gasteiger partial charge in [-0.15, -0.1) is 4.74 Å². The van der Waals surface area contributed by atoms with Gasteiger partial charge in [-0.1, -0.05) is 18.2 Å². The monoisotopic (exact) mass is 251 g/mol. The van der Waals surface area contributed by atoms with E-state index in [1.165, 1.54) is 4.74 Å². The first-order valence-corrected chi connectivity index (χ1v) is 5.88. The quantitative estimate of drug-likeness (QED) is 0.565. The summed E-state index contributed by atoms with van der Waals surface area (Å²) in [7, 11) is 0. The van der Waals surface area contributed by atoms with Crippen LogP contribution in [0.15, 0.2) is 58.0 Å². The summed E-state index contributed by atoms with van der Waals surface area (Å²) in [6.45, 7) is 0. The summed E-state index contributed by atoms with van der Waals surface area (Å²) in [5, 5.41) is 1.53. The molecule has 0 spiro atoms. The maximum atomic E-state index is 11.7. The molecule has 19 heavy (non-hydrogen) atoms. The molecule has 0 bridgehead atoms. The van der Waals surface area contributed by atoms with Crippen molar-refractivity contribution in [2.75, 3.05) is 0 Å². The van der Waals surface area contributed by atoms with Crippen LogP contribution in [0.5, 0.6) is 0 Å². The number of fused-ring (bicyclic) bond motifs is 2. The summed E-state index contributed by atoms with van der Waals surface area (Å²) >= 11 is 0. The Labute approximate surface area is 107 Å². The molecule has 4 aromatic rings. The Morgan fingerprint density at radius 1 is 1.16 bits per heavy atom. The number of benzene rings is 1. The van der Waals surface area contributed by atoms with Crippen molar-refractivity contribution in [1.29, 1.82) is 0 Å². The van der Waals surface area contributed by atoms with Gasteiger partial charge in [-0.05, 0) is 24.3 Å². The van der Waals surface area contributed by atoms with Gasteiger partial charge in [0.2, 0.25) is 0 Å². The molecule has 0 saturated heterocycles. The molecule has 4 rings (SSSR count). The second kappa shape index (κ2) is 3.58. The number of hydrogen-bond acceptors (Lipinski definition) is 3. The topological polar surface area (TPSA) is 63.8 Å². The molecule has 1 N–H and O–H groups in total. The van der Waals surface area contributed by atoms with Gasteiger partial charge < -0.3 is 9.51 Å². The van der Waals surface area contributed by atoms with Crippen molar-refractivity contribution < 1.29 is 4.52 Å². The number of nitrogens with one attached hydrogen (secondary N) is 1. The summed E-state index contributed by atoms with van der Waals surface area (Å²) in [6.07, 6.45) is 1.64. The smallest absolute Gasteiger partial charge is 0.338 e. The predicted octanol–water partition coefficient (Wildman–Crippen LogP) is 2.46. The standard InChI is InChI=1S/C14H9N3O2/c18-14-10-5-3-7-15-13(10)17(19-14)12-8-9-4-1-2-6-11(9)16-12/h1-8,16H. The normalized spacial score (nSPS) is 11.4. The van der Waals surface area contributed by atoms with Crippen LogP contribution in [-0.2, 0) is 0 Å². The van der Waals surface area contributed by atoms with E-state index in [0.29, 0.717) is 16.9 Å². The van der Waals surface area contributed by atoms with Crippen molar-refractivity contribution in [3.8, 4) is 5.82 Å². The number of aromatic nitrogens is 3. The Bertz CT molecular complexity index is 913. The van der Waals surface area contributed by atoms with Crippen LogP contribution in [0.3, 0.4) is 0 Å². The molecule has 0 radical (unpaired) electrons. The molecule has 0 aliphatic heterocycles. The molecular weight excluding hydrogens is 242 g/mol. The van der Waals surface area contributed by atoms with Gasteiger partial charge in [0.25, 0.3) is 0 Å². The van der Waals surface area contributed by atoms with E-state index in [1.54, 1.807) is 18.3 Å². The summed E-state index contributed by atoms with van der Waals surface area (Å²) in [5.41, 5.74) is 1.11. The van der Waals surface area contributed by atoms with E-state index in [0.717, 1.165) is 10.9 Å². The minimum absolute atomic E-state index is 0.387. The lowest BCUT2D eigenvalue weighted by molar-refractivity contribution is 0.328. The van der Waals surface area contributed by atoms with E-state index in [4.69, 9.17) is 4.52 Å². The van der Waals surface area contributed by atoms with Gasteiger partial charge in [0.05, 0.1) is 0 Å². The molecule has 0 atom stereocenters. The Kier molecular flexibility index (Phi) is 1.91. The lowest BCUT2D eigenvalue weighted by Gasteiger charge is -1.96. The molecule has 0 aliphatic carbocycles. The molecule has 3 aromatic heterocycles. The van der Waals surface area contributed by atoms with Gasteiger partial charge in [-0.2, -0.15) is 0 Å². The number of pyridine rings is 1. The molecule has 5 nitrogen and oxygen atoms in total. The van der Waals surface area contributed by atoms with Crippen LogP contribution in [0.2, 0.25) is 0 Å². The first-order chi connectivity index (χ1) is 9.33. The maximum absolute atomic E-state index is 11.7. The van der Waals surface area contributed by atoms with Crippen LogP contribution >= 0.6 is 0 Å². The van der Waals surface area contributed by atoms with Crippen molar-refractivity contribution in [1.82, 2.24) is 14.7 Å². The fraction of sp³-hybridized carbons (Fsp3) is 0. The molecule has 0 fully saturated rings. The van der Waals surface area contributed by atoms with Gasteiger partial charge in [0, 0.05) is 17.1 Å². The third-order valence-corrected chi connectivity index (χ3v) is 3.11. The zero-order chi connectivity index (χ0) is 12.8. The summed E-state index contributed by atoms with van der Waals surface area (Å²) < 4.78 is 6.68. The number of aromatic amines is 1. The SMILES string of the molecule is O=c1on(-c2cc3ccccc3[nH]2)c2ncccc12. The molecule has 0 saturated carbocycles. The molecule has 0 amide bonds. The van der Waals surface area contributed by atoms with Gasteiger partial charge in [0.1, 0.15) is 5.39 Å². The van der Waals surface area contributed by atoms with E-state index >= 15 is 0 Å².